The minimum atomic E-state index is -4.43. The zero-order valence-corrected chi connectivity index (χ0v) is 13.2. The van der Waals surface area contributed by atoms with Crippen LogP contribution in [0.1, 0.15) is 41.0 Å². The molecule has 0 radical (unpaired) electrons. The van der Waals surface area contributed by atoms with Crippen molar-refractivity contribution in [2.75, 3.05) is 6.54 Å². The summed E-state index contributed by atoms with van der Waals surface area (Å²) in [6.45, 7) is 2.76. The molecule has 2 aromatic heterocycles. The van der Waals surface area contributed by atoms with Crippen molar-refractivity contribution < 1.29 is 18.0 Å². The Morgan fingerprint density at radius 2 is 2.29 bits per heavy atom. The van der Waals surface area contributed by atoms with Crippen LogP contribution in [-0.4, -0.2) is 32.2 Å². The lowest BCUT2D eigenvalue weighted by Gasteiger charge is -2.23. The fourth-order valence-electron chi connectivity index (χ4n) is 2.80. The maximum atomic E-state index is 12.7. The number of aryl methyl sites for hydroxylation is 2. The maximum absolute atomic E-state index is 12.7. The molecule has 0 aliphatic carbocycles. The van der Waals surface area contributed by atoms with Crippen LogP contribution < -0.4 is 5.32 Å². The molecule has 9 heteroatoms. The molecule has 3 rings (SSSR count). The zero-order chi connectivity index (χ0) is 17.3. The van der Waals surface area contributed by atoms with Crippen LogP contribution in [-0.2, 0) is 25.6 Å². The molecule has 1 aliphatic rings. The molecule has 0 spiro atoms. The van der Waals surface area contributed by atoms with Crippen LogP contribution in [0.4, 0.5) is 13.2 Å². The molecule has 130 valence electrons. The summed E-state index contributed by atoms with van der Waals surface area (Å²) in [5.74, 6) is 0.240. The van der Waals surface area contributed by atoms with E-state index in [0.717, 1.165) is 18.3 Å². The summed E-state index contributed by atoms with van der Waals surface area (Å²) in [6, 6.07) is 1.69. The Kier molecular flexibility index (Phi) is 4.33. The topological polar surface area (TPSA) is 75.6 Å². The lowest BCUT2D eigenvalue weighted by Crippen LogP contribution is -2.33. The van der Waals surface area contributed by atoms with Crippen molar-refractivity contribution in [2.24, 2.45) is 5.92 Å². The van der Waals surface area contributed by atoms with Crippen LogP contribution in [0.15, 0.2) is 12.3 Å². The van der Waals surface area contributed by atoms with E-state index in [1.165, 1.54) is 4.57 Å². The Bertz CT molecular complexity index is 734. The Balaban J connectivity index is 1.58. The van der Waals surface area contributed by atoms with Crippen molar-refractivity contribution in [3.05, 3.63) is 35.2 Å². The van der Waals surface area contributed by atoms with Gasteiger partial charge in [-0.25, -0.2) is 4.98 Å². The highest BCUT2D eigenvalue weighted by atomic mass is 19.4. The predicted octanol–water partition coefficient (Wildman–Crippen LogP) is 2.18. The third-order valence-corrected chi connectivity index (χ3v) is 4.18. The Morgan fingerprint density at radius 1 is 1.50 bits per heavy atom. The van der Waals surface area contributed by atoms with E-state index < -0.39 is 11.9 Å². The fraction of sp³-hybridized carbons (Fsp3) is 0.533. The first kappa shape index (κ1) is 16.5. The molecule has 1 atom stereocenters. The van der Waals surface area contributed by atoms with Gasteiger partial charge < -0.3 is 9.88 Å². The number of amides is 1. The van der Waals surface area contributed by atoms with E-state index in [4.69, 9.17) is 0 Å². The van der Waals surface area contributed by atoms with Gasteiger partial charge in [-0.15, -0.1) is 0 Å². The predicted molar refractivity (Wildman–Crippen MR) is 79.3 cm³/mol. The van der Waals surface area contributed by atoms with Gasteiger partial charge in [0.15, 0.2) is 5.69 Å². The number of hydrogen-bond acceptors (Lipinski definition) is 3. The van der Waals surface area contributed by atoms with Crippen LogP contribution in [0.25, 0.3) is 0 Å². The highest BCUT2D eigenvalue weighted by Crippen LogP contribution is 2.30. The minimum absolute atomic E-state index is 0.0707. The number of alkyl halides is 3. The summed E-state index contributed by atoms with van der Waals surface area (Å²) in [5, 5.41) is 9.51. The summed E-state index contributed by atoms with van der Waals surface area (Å²) < 4.78 is 39.6. The van der Waals surface area contributed by atoms with E-state index in [1.54, 1.807) is 6.07 Å². The highest BCUT2D eigenvalue weighted by Gasteiger charge is 2.35. The molecule has 2 aromatic rings. The first-order chi connectivity index (χ1) is 11.4. The van der Waals surface area contributed by atoms with Gasteiger partial charge >= 0.3 is 6.18 Å². The van der Waals surface area contributed by atoms with Crippen molar-refractivity contribution >= 4 is 5.91 Å². The molecule has 0 fully saturated rings. The second-order valence-electron chi connectivity index (χ2n) is 5.94. The monoisotopic (exact) mass is 341 g/mol. The number of aromatic amines is 1. The Hall–Kier alpha value is -2.32. The normalized spacial score (nSPS) is 17.6. The molecule has 0 unspecified atom stereocenters. The lowest BCUT2D eigenvalue weighted by molar-refractivity contribution is -0.141. The van der Waals surface area contributed by atoms with Gasteiger partial charge in [0.25, 0.3) is 5.91 Å². The summed E-state index contributed by atoms with van der Waals surface area (Å²) >= 11 is 0. The molecular weight excluding hydrogens is 323 g/mol. The van der Waals surface area contributed by atoms with Gasteiger partial charge in [-0.1, -0.05) is 6.92 Å². The number of carbonyl (C=O) groups is 1. The number of nitrogens with zero attached hydrogens (tertiary/aromatic N) is 3. The summed E-state index contributed by atoms with van der Waals surface area (Å²) in [5.41, 5.74) is 0.344. The molecular formula is C15H18F3N5O. The molecule has 0 bridgehead atoms. The first-order valence-corrected chi connectivity index (χ1v) is 7.82. The fourth-order valence-corrected chi connectivity index (χ4v) is 2.80. The van der Waals surface area contributed by atoms with Crippen molar-refractivity contribution in [1.82, 2.24) is 25.1 Å². The number of carbonyl (C=O) groups excluding carboxylic acids is 1. The zero-order valence-electron chi connectivity index (χ0n) is 13.2. The van der Waals surface area contributed by atoms with Crippen molar-refractivity contribution in [3.8, 4) is 0 Å². The molecule has 1 aliphatic heterocycles. The third-order valence-electron chi connectivity index (χ3n) is 4.18. The van der Waals surface area contributed by atoms with Gasteiger partial charge in [-0.2, -0.15) is 18.3 Å². The van der Waals surface area contributed by atoms with E-state index in [0.29, 0.717) is 37.4 Å². The van der Waals surface area contributed by atoms with E-state index in [2.05, 4.69) is 20.5 Å². The van der Waals surface area contributed by atoms with Crippen LogP contribution >= 0.6 is 0 Å². The third kappa shape index (κ3) is 3.44. The minimum Gasteiger partial charge on any atom is -0.350 e. The molecule has 3 heterocycles. The van der Waals surface area contributed by atoms with Crippen LogP contribution in [0.2, 0.25) is 0 Å². The van der Waals surface area contributed by atoms with E-state index >= 15 is 0 Å². The average molecular weight is 341 g/mol. The lowest BCUT2D eigenvalue weighted by atomic mass is 9.99. The van der Waals surface area contributed by atoms with Crippen LogP contribution in [0, 0.1) is 5.92 Å². The SMILES string of the molecule is CCc1cc(C(=O)NC[C@H]2CCc3nc(C(F)(F)F)cn3C2)n[nH]1. The number of nitrogens with one attached hydrogen (secondary N) is 2. The Labute approximate surface area is 136 Å². The highest BCUT2D eigenvalue weighted by molar-refractivity contribution is 5.92. The van der Waals surface area contributed by atoms with Gasteiger partial charge in [-0.05, 0) is 24.8 Å². The maximum Gasteiger partial charge on any atom is 0.434 e. The van der Waals surface area contributed by atoms with Crippen LogP contribution in [0.5, 0.6) is 0 Å². The molecule has 2 N–H and O–H groups in total. The van der Waals surface area contributed by atoms with Gasteiger partial charge in [0, 0.05) is 31.4 Å². The quantitative estimate of drug-likeness (QED) is 0.895. The number of rotatable bonds is 4. The second-order valence-corrected chi connectivity index (χ2v) is 5.94. The standard InChI is InChI=1S/C15H18F3N5O/c1-2-10-5-11(22-21-10)14(24)19-6-9-3-4-13-20-12(15(16,17)18)8-23(13)7-9/h5,8-9H,2-4,6-7H2,1H3,(H,19,24)(H,21,22)/t9-/m1/s1. The number of aromatic nitrogens is 4. The average Bonchev–Trinajstić information content (AvgIpc) is 3.18. The molecule has 1 amide bonds. The van der Waals surface area contributed by atoms with Crippen molar-refractivity contribution in [2.45, 2.75) is 38.9 Å². The van der Waals surface area contributed by atoms with Gasteiger partial charge in [0.2, 0.25) is 0 Å². The van der Waals surface area contributed by atoms with Gasteiger partial charge in [0.1, 0.15) is 11.5 Å². The van der Waals surface area contributed by atoms with Gasteiger partial charge in [-0.3, -0.25) is 9.89 Å². The first-order valence-electron chi connectivity index (χ1n) is 7.82. The number of fused-ring (bicyclic) bond motifs is 1. The Morgan fingerprint density at radius 3 is 2.96 bits per heavy atom. The summed E-state index contributed by atoms with van der Waals surface area (Å²) in [6.07, 6.45) is -1.46. The second kappa shape index (κ2) is 6.29. The van der Waals surface area contributed by atoms with Crippen LogP contribution in [0.3, 0.4) is 0 Å². The van der Waals surface area contributed by atoms with E-state index in [-0.39, 0.29) is 11.8 Å². The van der Waals surface area contributed by atoms with E-state index in [1.807, 2.05) is 6.92 Å². The number of imidazole rings is 1. The van der Waals surface area contributed by atoms with Gasteiger partial charge in [0.05, 0.1) is 0 Å². The molecule has 6 nitrogen and oxygen atoms in total. The van der Waals surface area contributed by atoms with Crippen molar-refractivity contribution in [1.29, 1.82) is 0 Å². The molecule has 0 saturated heterocycles. The number of H-pyrrole nitrogens is 1. The van der Waals surface area contributed by atoms with E-state index in [9.17, 15) is 18.0 Å². The molecule has 24 heavy (non-hydrogen) atoms. The smallest absolute Gasteiger partial charge is 0.350 e. The largest absolute Gasteiger partial charge is 0.434 e. The number of halogens is 3. The summed E-state index contributed by atoms with van der Waals surface area (Å²) in [7, 11) is 0. The number of hydrogen-bond donors (Lipinski definition) is 2. The summed E-state index contributed by atoms with van der Waals surface area (Å²) in [4.78, 5) is 15.7. The van der Waals surface area contributed by atoms with Crippen molar-refractivity contribution in [3.63, 3.8) is 0 Å². The molecule has 0 aromatic carbocycles. The molecule has 0 saturated carbocycles.